The number of hydrogen-bond donors (Lipinski definition) is 1. The lowest BCUT2D eigenvalue weighted by atomic mass is 9.93. The molecule has 3 aliphatic rings. The Balaban J connectivity index is 1.39. The Morgan fingerprint density at radius 1 is 1.05 bits per heavy atom. The molecule has 3 atom stereocenters. The molecule has 1 N–H and O–H groups in total. The van der Waals surface area contributed by atoms with E-state index in [1.54, 1.807) is 6.92 Å². The predicted molar refractivity (Wildman–Crippen MR) is 128 cm³/mol. The zero-order valence-electron chi connectivity index (χ0n) is 21.9. The highest BCUT2D eigenvalue weighted by Gasteiger charge is 2.49. The highest BCUT2D eigenvalue weighted by molar-refractivity contribution is 7.48. The molecule has 0 radical (unpaired) electrons. The number of alkyl halides is 1. The summed E-state index contributed by atoms with van der Waals surface area (Å²) in [5, 5.41) is 0. The summed E-state index contributed by atoms with van der Waals surface area (Å²) in [4.78, 5) is 49.4. The van der Waals surface area contributed by atoms with Gasteiger partial charge < -0.3 is 33.2 Å². The van der Waals surface area contributed by atoms with Crippen LogP contribution in [0.5, 0.6) is 0 Å². The molecule has 17 nitrogen and oxygen atoms in total. The quantitative estimate of drug-likeness (QED) is 0.179. The first kappa shape index (κ1) is 31.1. The molecule has 3 aliphatic heterocycles. The van der Waals surface area contributed by atoms with Crippen LogP contribution in [0.1, 0.15) is 26.0 Å². The largest absolute Gasteiger partial charge is 0.510 e. The molecule has 3 fully saturated rings. The first-order valence-corrected chi connectivity index (χ1v) is 14.0. The van der Waals surface area contributed by atoms with Crippen LogP contribution < -0.4 is 11.2 Å². The van der Waals surface area contributed by atoms with Crippen LogP contribution in [0.15, 0.2) is 21.9 Å². The van der Waals surface area contributed by atoms with Crippen molar-refractivity contribution in [3.8, 4) is 0 Å². The molecular weight excluding hydrogens is 582 g/mol. The Kier molecular flexibility index (Phi) is 10.5. The molecule has 230 valence electrons. The summed E-state index contributed by atoms with van der Waals surface area (Å²) >= 11 is 0. The summed E-state index contributed by atoms with van der Waals surface area (Å²) in [6.07, 6.45) is -2.58. The molecule has 0 saturated carbocycles. The van der Waals surface area contributed by atoms with E-state index in [1.165, 1.54) is 6.20 Å². The molecule has 0 unspecified atom stereocenters. The average Bonchev–Trinajstić information content (AvgIpc) is 3.27. The number of ether oxygens (including phenoxy) is 7. The lowest BCUT2D eigenvalue weighted by Gasteiger charge is -2.28. The van der Waals surface area contributed by atoms with Crippen LogP contribution in [-0.2, 0) is 51.3 Å². The van der Waals surface area contributed by atoms with E-state index in [4.69, 9.17) is 46.7 Å². The van der Waals surface area contributed by atoms with Crippen molar-refractivity contribution < 1.29 is 65.3 Å². The Morgan fingerprint density at radius 2 is 1.63 bits per heavy atom. The minimum absolute atomic E-state index is 0.0226. The second-order valence-electron chi connectivity index (χ2n) is 9.27. The highest BCUT2D eigenvalue weighted by atomic mass is 31.2. The third-order valence-corrected chi connectivity index (χ3v) is 7.59. The van der Waals surface area contributed by atoms with Gasteiger partial charge in [-0.05, 0) is 12.8 Å². The maximum Gasteiger partial charge on any atom is 0.510 e. The van der Waals surface area contributed by atoms with Crippen LogP contribution in [0.2, 0.25) is 0 Å². The molecule has 0 amide bonds. The molecule has 0 aliphatic carbocycles. The fourth-order valence-electron chi connectivity index (χ4n) is 3.95. The molecule has 4 rings (SSSR count). The van der Waals surface area contributed by atoms with E-state index < -0.39 is 88.2 Å². The van der Waals surface area contributed by atoms with Crippen molar-refractivity contribution in [1.82, 2.24) is 9.55 Å². The lowest BCUT2D eigenvalue weighted by molar-refractivity contribution is -0.130. The summed E-state index contributed by atoms with van der Waals surface area (Å²) < 4.78 is 79.0. The average molecular weight is 612 g/mol. The van der Waals surface area contributed by atoms with Gasteiger partial charge in [-0.3, -0.25) is 18.9 Å². The van der Waals surface area contributed by atoms with Crippen LogP contribution in [0, 0.1) is 5.92 Å². The molecule has 0 bridgehead atoms. The van der Waals surface area contributed by atoms with Crippen LogP contribution in [-0.4, -0.2) is 93.0 Å². The monoisotopic (exact) mass is 612 g/mol. The molecule has 41 heavy (non-hydrogen) atoms. The molecule has 1 aromatic heterocycles. The fourth-order valence-corrected chi connectivity index (χ4v) is 4.93. The third-order valence-electron chi connectivity index (χ3n) is 6.30. The SMILES string of the molecule is CC[C@H]1C[C@@](CF)(COP(=O)(OCOC(=O)OC2COC2)OCOC(=O)OC2COC2)O[C@H]1n1ccc(=O)[nH]c1=O. The molecule has 0 aromatic carbocycles. The van der Waals surface area contributed by atoms with E-state index in [-0.39, 0.29) is 32.8 Å². The predicted octanol–water partition coefficient (Wildman–Crippen LogP) is 1.37. The molecule has 4 heterocycles. The van der Waals surface area contributed by atoms with E-state index in [2.05, 4.69) is 4.98 Å². The summed E-state index contributed by atoms with van der Waals surface area (Å²) in [5.74, 6) is -0.402. The zero-order chi connectivity index (χ0) is 29.5. The number of aromatic nitrogens is 2. The Bertz CT molecular complexity index is 1180. The number of carbonyl (C=O) groups is 2. The normalized spacial score (nSPS) is 24.7. The summed E-state index contributed by atoms with van der Waals surface area (Å²) in [6, 6.07) is 1.12. The number of phosphoric acid groups is 1. The fraction of sp³-hybridized carbons (Fsp3) is 0.727. The number of hydrogen-bond acceptors (Lipinski definition) is 15. The van der Waals surface area contributed by atoms with Gasteiger partial charge >= 0.3 is 25.8 Å². The number of aromatic amines is 1. The van der Waals surface area contributed by atoms with Crippen LogP contribution in [0.25, 0.3) is 0 Å². The minimum atomic E-state index is -4.71. The van der Waals surface area contributed by atoms with Crippen molar-refractivity contribution in [2.75, 3.05) is 53.3 Å². The number of halogens is 1. The zero-order valence-corrected chi connectivity index (χ0v) is 22.8. The number of rotatable bonds is 14. The van der Waals surface area contributed by atoms with Crippen molar-refractivity contribution in [2.24, 2.45) is 5.92 Å². The smallest absolute Gasteiger partial charge is 0.426 e. The first-order chi connectivity index (χ1) is 19.6. The topological polar surface area (TPSA) is 198 Å². The van der Waals surface area contributed by atoms with Crippen molar-refractivity contribution in [3.63, 3.8) is 0 Å². The maximum atomic E-state index is 14.4. The van der Waals surface area contributed by atoms with Crippen molar-refractivity contribution >= 4 is 20.1 Å². The van der Waals surface area contributed by atoms with Gasteiger partial charge in [-0.2, -0.15) is 0 Å². The maximum absolute atomic E-state index is 14.4. The van der Waals surface area contributed by atoms with E-state index in [0.717, 1.165) is 10.6 Å². The summed E-state index contributed by atoms with van der Waals surface area (Å²) in [7, 11) is -4.71. The van der Waals surface area contributed by atoms with E-state index >= 15 is 0 Å². The first-order valence-electron chi connectivity index (χ1n) is 12.6. The van der Waals surface area contributed by atoms with E-state index in [9.17, 15) is 28.1 Å². The molecule has 0 spiro atoms. The van der Waals surface area contributed by atoms with Gasteiger partial charge in [0.1, 0.15) is 18.5 Å². The Hall–Kier alpha value is -2.86. The van der Waals surface area contributed by atoms with E-state index in [0.29, 0.717) is 6.42 Å². The summed E-state index contributed by atoms with van der Waals surface area (Å²) in [6.45, 7) is -1.21. The van der Waals surface area contributed by atoms with Gasteiger partial charge in [0.15, 0.2) is 12.2 Å². The molecular formula is C22H30FN2O15P. The molecule has 19 heteroatoms. The van der Waals surface area contributed by atoms with Crippen LogP contribution >= 0.6 is 7.82 Å². The number of H-pyrrole nitrogens is 1. The summed E-state index contributed by atoms with van der Waals surface area (Å²) in [5.41, 5.74) is -3.09. The van der Waals surface area contributed by atoms with Crippen molar-refractivity contribution in [1.29, 1.82) is 0 Å². The van der Waals surface area contributed by atoms with Gasteiger partial charge in [-0.15, -0.1) is 0 Å². The van der Waals surface area contributed by atoms with Gasteiger partial charge in [-0.1, -0.05) is 6.92 Å². The van der Waals surface area contributed by atoms with Gasteiger partial charge in [0.25, 0.3) is 5.56 Å². The molecule has 1 aromatic rings. The minimum Gasteiger partial charge on any atom is -0.426 e. The Morgan fingerprint density at radius 3 is 2.10 bits per heavy atom. The second-order valence-corrected chi connectivity index (χ2v) is 10.9. The second kappa shape index (κ2) is 13.9. The van der Waals surface area contributed by atoms with Gasteiger partial charge in [0.2, 0.25) is 13.6 Å². The number of nitrogens with zero attached hydrogens (tertiary/aromatic N) is 1. The number of phosphoric ester groups is 1. The Labute approximate surface area is 231 Å². The lowest BCUT2D eigenvalue weighted by Crippen LogP contribution is -2.39. The van der Waals surface area contributed by atoms with Crippen LogP contribution in [0.3, 0.4) is 0 Å². The van der Waals surface area contributed by atoms with Crippen molar-refractivity contribution in [3.05, 3.63) is 33.1 Å². The van der Waals surface area contributed by atoms with E-state index in [1.807, 2.05) is 0 Å². The standard InChI is InChI=1S/C22H30FN2O15P/c1-2-14-5-22(10-23,40-18(14)25-4-3-17(26)24-19(25)27)11-35-41(30,36-12-33-20(28)38-15-6-31-7-15)37-13-34-21(29)39-16-8-32-9-16/h3-4,14-16,18H,2,5-13H2,1H3,(H,24,26,27)/t14-,18+,22+/m0/s1. The third kappa shape index (κ3) is 8.34. The van der Waals surface area contributed by atoms with Crippen molar-refractivity contribution in [2.45, 2.75) is 43.8 Å². The number of nitrogens with one attached hydrogen (secondary N) is 1. The van der Waals surface area contributed by atoms with Gasteiger partial charge in [0, 0.05) is 18.2 Å². The van der Waals surface area contributed by atoms with Gasteiger partial charge in [-0.25, -0.2) is 32.4 Å². The van der Waals surface area contributed by atoms with Crippen LogP contribution in [0.4, 0.5) is 14.0 Å². The highest BCUT2D eigenvalue weighted by Crippen LogP contribution is 2.52. The number of carbonyl (C=O) groups excluding carboxylic acids is 2. The molecule has 3 saturated heterocycles. The van der Waals surface area contributed by atoms with Gasteiger partial charge in [0.05, 0.1) is 33.0 Å².